The summed E-state index contributed by atoms with van der Waals surface area (Å²) in [7, 11) is 0. The number of carbonyl (C=O) groups excluding carboxylic acids is 1. The molecule has 0 bridgehead atoms. The van der Waals surface area contributed by atoms with E-state index < -0.39 is 17.5 Å². The van der Waals surface area contributed by atoms with Crippen LogP contribution in [-0.4, -0.2) is 65.3 Å². The highest BCUT2D eigenvalue weighted by molar-refractivity contribution is 7.99. The van der Waals surface area contributed by atoms with E-state index in [1.54, 1.807) is 11.2 Å². The third kappa shape index (κ3) is 5.25. The number of thioether (sulfide) groups is 1. The number of aryl methyl sites for hydroxylation is 1. The molecule has 4 aliphatic rings. The van der Waals surface area contributed by atoms with E-state index >= 15 is 0 Å². The summed E-state index contributed by atoms with van der Waals surface area (Å²) >= 11 is 1.94. The summed E-state index contributed by atoms with van der Waals surface area (Å²) in [6.07, 6.45) is 4.37. The molecule has 10 heteroatoms. The Bertz CT molecular complexity index is 1260. The number of amides is 1. The highest BCUT2D eigenvalue weighted by atomic mass is 32.2. The first-order valence-corrected chi connectivity index (χ1v) is 15.6. The number of ether oxygens (including phenoxy) is 4. The summed E-state index contributed by atoms with van der Waals surface area (Å²) in [4.78, 5) is 27.3. The van der Waals surface area contributed by atoms with Gasteiger partial charge in [-0.1, -0.05) is 6.07 Å². The van der Waals surface area contributed by atoms with E-state index in [1.165, 1.54) is 5.56 Å². The van der Waals surface area contributed by atoms with Crippen molar-refractivity contribution in [3.63, 3.8) is 0 Å². The fourth-order valence-corrected chi connectivity index (χ4v) is 7.21. The van der Waals surface area contributed by atoms with Gasteiger partial charge in [-0.05, 0) is 70.6 Å². The fraction of sp³-hybridized carbons (Fsp3) is 0.633. The summed E-state index contributed by atoms with van der Waals surface area (Å²) < 4.78 is 24.6. The Hall–Kier alpha value is -2.56. The third-order valence-electron chi connectivity index (χ3n) is 8.19. The molecule has 4 heterocycles. The monoisotopic (exact) mass is 568 g/mol. The molecule has 1 amide bonds. The molecule has 3 fully saturated rings. The van der Waals surface area contributed by atoms with E-state index in [9.17, 15) is 4.79 Å². The van der Waals surface area contributed by atoms with Crippen LogP contribution in [0.15, 0.2) is 18.5 Å². The van der Waals surface area contributed by atoms with Crippen molar-refractivity contribution < 1.29 is 23.7 Å². The van der Waals surface area contributed by atoms with E-state index in [0.29, 0.717) is 36.4 Å². The molecular formula is C30H40N4O5S. The zero-order chi connectivity index (χ0) is 28.1. The minimum absolute atomic E-state index is 0.329. The SMILES string of the molecule is Cc1cc(C2CCC3(CC2)OCCO3)cc2c1OC(C)c1c(N3CCSCC3)ncnc1N2C(=O)OC(C)(C)C. The van der Waals surface area contributed by atoms with E-state index in [4.69, 9.17) is 28.9 Å². The van der Waals surface area contributed by atoms with Gasteiger partial charge in [0.25, 0.3) is 0 Å². The standard InChI is InChI=1S/C30H40N4O5S/c1-19-16-22(21-6-8-30(9-7-21)36-12-13-37-30)17-23-25(19)38-20(2)24-26(33-10-14-40-15-11-33)31-18-32-27(24)34(23)28(35)39-29(3,4)5/h16-18,20-21H,6-15H2,1-5H3. The quantitative estimate of drug-likeness (QED) is 0.416. The fourth-order valence-electron chi connectivity index (χ4n) is 6.30. The van der Waals surface area contributed by atoms with Crippen LogP contribution in [0.4, 0.5) is 22.1 Å². The summed E-state index contributed by atoms with van der Waals surface area (Å²) in [6.45, 7) is 12.8. The molecule has 1 aliphatic carbocycles. The predicted molar refractivity (Wildman–Crippen MR) is 156 cm³/mol. The molecule has 40 heavy (non-hydrogen) atoms. The van der Waals surface area contributed by atoms with Gasteiger partial charge < -0.3 is 23.8 Å². The van der Waals surface area contributed by atoms with Crippen LogP contribution >= 0.6 is 11.8 Å². The number of fused-ring (bicyclic) bond motifs is 2. The second kappa shape index (κ2) is 10.7. The highest BCUT2D eigenvalue weighted by Gasteiger charge is 2.42. The van der Waals surface area contributed by atoms with Crippen molar-refractivity contribution in [2.45, 2.75) is 83.7 Å². The number of anilines is 3. The molecule has 1 atom stereocenters. The molecule has 2 saturated heterocycles. The Morgan fingerprint density at radius 3 is 2.42 bits per heavy atom. The van der Waals surface area contributed by atoms with Crippen LogP contribution in [-0.2, 0) is 14.2 Å². The minimum Gasteiger partial charge on any atom is -0.483 e. The summed E-state index contributed by atoms with van der Waals surface area (Å²) in [5, 5.41) is 0. The van der Waals surface area contributed by atoms with Crippen LogP contribution in [0.1, 0.15) is 82.1 Å². The molecule has 1 aromatic heterocycles. The maximum atomic E-state index is 14.0. The lowest BCUT2D eigenvalue weighted by molar-refractivity contribution is -0.178. The van der Waals surface area contributed by atoms with Crippen molar-refractivity contribution in [3.05, 3.63) is 35.2 Å². The molecule has 1 unspecified atom stereocenters. The van der Waals surface area contributed by atoms with Crippen molar-refractivity contribution in [1.82, 2.24) is 9.97 Å². The normalized spacial score (nSPS) is 22.9. The number of hydrogen-bond donors (Lipinski definition) is 0. The van der Waals surface area contributed by atoms with Crippen LogP contribution < -0.4 is 14.5 Å². The lowest BCUT2D eigenvalue weighted by Gasteiger charge is -2.36. The van der Waals surface area contributed by atoms with Gasteiger partial charge in [-0.25, -0.2) is 19.7 Å². The molecule has 9 nitrogen and oxygen atoms in total. The van der Waals surface area contributed by atoms with Gasteiger partial charge in [0.05, 0.1) is 24.5 Å². The molecule has 3 aliphatic heterocycles. The number of hydrogen-bond acceptors (Lipinski definition) is 9. The maximum Gasteiger partial charge on any atom is 0.420 e. The predicted octanol–water partition coefficient (Wildman–Crippen LogP) is 6.27. The average Bonchev–Trinajstić information content (AvgIpc) is 3.32. The van der Waals surface area contributed by atoms with Crippen molar-refractivity contribution >= 4 is 35.2 Å². The molecule has 216 valence electrons. The average molecular weight is 569 g/mol. The second-order valence-corrected chi connectivity index (χ2v) is 13.4. The molecule has 1 saturated carbocycles. The van der Waals surface area contributed by atoms with Crippen LogP contribution in [0.3, 0.4) is 0 Å². The van der Waals surface area contributed by atoms with Gasteiger partial charge in [-0.3, -0.25) is 0 Å². The van der Waals surface area contributed by atoms with Gasteiger partial charge in [-0.15, -0.1) is 0 Å². The summed E-state index contributed by atoms with van der Waals surface area (Å²) in [5.74, 6) is 4.00. The van der Waals surface area contributed by atoms with E-state index in [-0.39, 0.29) is 6.10 Å². The van der Waals surface area contributed by atoms with Crippen molar-refractivity contribution in [2.24, 2.45) is 0 Å². The van der Waals surface area contributed by atoms with Crippen molar-refractivity contribution in [2.75, 3.05) is 47.6 Å². The van der Waals surface area contributed by atoms with Crippen LogP contribution in [0.5, 0.6) is 5.75 Å². The first-order chi connectivity index (χ1) is 19.1. The smallest absolute Gasteiger partial charge is 0.420 e. The van der Waals surface area contributed by atoms with E-state index in [0.717, 1.165) is 67.2 Å². The van der Waals surface area contributed by atoms with E-state index in [1.807, 2.05) is 39.5 Å². The first kappa shape index (κ1) is 27.6. The molecule has 6 rings (SSSR count). The van der Waals surface area contributed by atoms with Gasteiger partial charge in [0.1, 0.15) is 29.6 Å². The third-order valence-corrected chi connectivity index (χ3v) is 9.13. The van der Waals surface area contributed by atoms with Gasteiger partial charge >= 0.3 is 6.09 Å². The zero-order valence-electron chi connectivity index (χ0n) is 24.2. The Morgan fingerprint density at radius 1 is 1.07 bits per heavy atom. The lowest BCUT2D eigenvalue weighted by atomic mass is 9.80. The number of carbonyl (C=O) groups is 1. The topological polar surface area (TPSA) is 86.3 Å². The highest BCUT2D eigenvalue weighted by Crippen LogP contribution is 2.50. The molecule has 0 radical (unpaired) electrons. The lowest BCUT2D eigenvalue weighted by Crippen LogP contribution is -2.37. The Kier molecular flexibility index (Phi) is 7.37. The first-order valence-electron chi connectivity index (χ1n) is 14.4. The van der Waals surface area contributed by atoms with Gasteiger partial charge in [0.2, 0.25) is 0 Å². The minimum atomic E-state index is -0.679. The number of nitrogens with zero attached hydrogens (tertiary/aromatic N) is 4. The molecule has 0 N–H and O–H groups in total. The molecule has 1 aromatic carbocycles. The largest absolute Gasteiger partial charge is 0.483 e. The second-order valence-electron chi connectivity index (χ2n) is 12.2. The number of aromatic nitrogens is 2. The van der Waals surface area contributed by atoms with Crippen LogP contribution in [0.2, 0.25) is 0 Å². The maximum absolute atomic E-state index is 14.0. The number of rotatable bonds is 2. The Labute approximate surface area is 240 Å². The van der Waals surface area contributed by atoms with Crippen LogP contribution in [0, 0.1) is 6.92 Å². The molecule has 2 aromatic rings. The Morgan fingerprint density at radius 2 is 1.75 bits per heavy atom. The van der Waals surface area contributed by atoms with Crippen molar-refractivity contribution in [1.29, 1.82) is 0 Å². The van der Waals surface area contributed by atoms with Gasteiger partial charge in [0, 0.05) is 37.4 Å². The number of benzene rings is 1. The summed E-state index contributed by atoms with van der Waals surface area (Å²) in [6, 6.07) is 4.31. The Balaban J connectivity index is 1.44. The summed E-state index contributed by atoms with van der Waals surface area (Å²) in [5.41, 5.74) is 2.97. The zero-order valence-corrected chi connectivity index (χ0v) is 25.0. The van der Waals surface area contributed by atoms with Crippen molar-refractivity contribution in [3.8, 4) is 5.75 Å². The van der Waals surface area contributed by atoms with Crippen LogP contribution in [0.25, 0.3) is 0 Å². The van der Waals surface area contributed by atoms with Gasteiger partial charge in [-0.2, -0.15) is 11.8 Å². The molecular weight excluding hydrogens is 528 g/mol. The van der Waals surface area contributed by atoms with Gasteiger partial charge in [0.15, 0.2) is 11.6 Å². The van der Waals surface area contributed by atoms with E-state index in [2.05, 4.69) is 24.0 Å². The molecule has 1 spiro atoms.